The lowest BCUT2D eigenvalue weighted by molar-refractivity contribution is -0.129. The second-order valence-electron chi connectivity index (χ2n) is 11.0. The molecular formula is C34H52N4O4. The summed E-state index contributed by atoms with van der Waals surface area (Å²) in [7, 11) is 5.18. The van der Waals surface area contributed by atoms with Gasteiger partial charge in [0.15, 0.2) is 11.5 Å². The largest absolute Gasteiger partial charge is 0.504 e. The van der Waals surface area contributed by atoms with Crippen LogP contribution in [0.2, 0.25) is 0 Å². The highest BCUT2D eigenvalue weighted by Gasteiger charge is 2.35. The van der Waals surface area contributed by atoms with Crippen LogP contribution in [0.25, 0.3) is 0 Å². The number of likely N-dealkylation sites (N-methyl/N-ethyl adjacent to an activating group) is 1. The molecule has 2 heterocycles. The Morgan fingerprint density at radius 1 is 0.976 bits per heavy atom. The Morgan fingerprint density at radius 3 is 2.19 bits per heavy atom. The van der Waals surface area contributed by atoms with Crippen molar-refractivity contribution >= 4 is 11.8 Å². The van der Waals surface area contributed by atoms with E-state index in [2.05, 4.69) is 31.4 Å². The Labute approximate surface area is 253 Å². The number of benzene rings is 2. The van der Waals surface area contributed by atoms with Gasteiger partial charge in [-0.1, -0.05) is 52.5 Å². The van der Waals surface area contributed by atoms with Crippen LogP contribution < -0.4 is 4.74 Å². The van der Waals surface area contributed by atoms with Gasteiger partial charge in [-0.05, 0) is 61.6 Å². The molecule has 4 rings (SSSR count). The van der Waals surface area contributed by atoms with Crippen LogP contribution in [0, 0.1) is 0 Å². The molecule has 0 atom stereocenters. The molecule has 232 valence electrons. The summed E-state index contributed by atoms with van der Waals surface area (Å²) in [6, 6.07) is 11.5. The van der Waals surface area contributed by atoms with E-state index in [0.717, 1.165) is 42.6 Å². The van der Waals surface area contributed by atoms with Crippen molar-refractivity contribution in [2.45, 2.75) is 73.0 Å². The number of fused-ring (bicyclic) bond motifs is 1. The summed E-state index contributed by atoms with van der Waals surface area (Å²) in [5, 5.41) is 9.89. The third kappa shape index (κ3) is 8.06. The first kappa shape index (κ1) is 34.7. The molecule has 0 aromatic heterocycles. The molecule has 0 aliphatic carbocycles. The molecule has 1 fully saturated rings. The lowest BCUT2D eigenvalue weighted by atomic mass is 9.93. The third-order valence-electron chi connectivity index (χ3n) is 7.98. The summed E-state index contributed by atoms with van der Waals surface area (Å²) in [6.45, 7) is 19.9. The van der Waals surface area contributed by atoms with Gasteiger partial charge < -0.3 is 24.5 Å². The smallest absolute Gasteiger partial charge is 0.269 e. The number of aromatic hydroxyl groups is 1. The Morgan fingerprint density at radius 2 is 1.60 bits per heavy atom. The first-order valence-corrected chi connectivity index (χ1v) is 15.2. The van der Waals surface area contributed by atoms with Crippen molar-refractivity contribution in [3.63, 3.8) is 0 Å². The molecule has 2 aliphatic rings. The van der Waals surface area contributed by atoms with Gasteiger partial charge in [-0.3, -0.25) is 14.5 Å². The number of ether oxygens (including phenoxy) is 1. The van der Waals surface area contributed by atoms with Crippen molar-refractivity contribution in [2.24, 2.45) is 0 Å². The van der Waals surface area contributed by atoms with Gasteiger partial charge >= 0.3 is 0 Å². The molecule has 2 aliphatic heterocycles. The summed E-state index contributed by atoms with van der Waals surface area (Å²) >= 11 is 0. The Balaban J connectivity index is 0.00000148. The van der Waals surface area contributed by atoms with E-state index in [1.165, 1.54) is 5.56 Å². The standard InChI is InChI=1S/C30H40N4O4.2C2H6/c1-21(31(4)5)28(36)32-14-16-33(17-15-32)29(37)24-9-7-8-23-19-34(20-25(23)24)30(2,3)13-12-22-10-11-26(35)27(18-22)38-6;2*1-2/h7-11,18,35H,1,12-17,19-20H2,2-6H3;2*1-2H3. The fourth-order valence-electron chi connectivity index (χ4n) is 5.19. The van der Waals surface area contributed by atoms with E-state index in [0.29, 0.717) is 37.6 Å². The normalized spacial score (nSPS) is 14.6. The number of rotatable bonds is 8. The highest BCUT2D eigenvalue weighted by atomic mass is 16.5. The first-order valence-electron chi connectivity index (χ1n) is 15.2. The molecule has 1 saturated heterocycles. The van der Waals surface area contributed by atoms with Crippen molar-refractivity contribution in [2.75, 3.05) is 47.4 Å². The topological polar surface area (TPSA) is 76.6 Å². The summed E-state index contributed by atoms with van der Waals surface area (Å²) in [5.74, 6) is 0.599. The number of hydrogen-bond acceptors (Lipinski definition) is 6. The van der Waals surface area contributed by atoms with E-state index in [1.54, 1.807) is 23.0 Å². The summed E-state index contributed by atoms with van der Waals surface area (Å²) in [5.41, 5.74) is 4.56. The van der Waals surface area contributed by atoms with Gasteiger partial charge in [0.1, 0.15) is 0 Å². The van der Waals surface area contributed by atoms with Gasteiger partial charge in [0, 0.05) is 64.5 Å². The summed E-state index contributed by atoms with van der Waals surface area (Å²) in [6.07, 6.45) is 1.78. The van der Waals surface area contributed by atoms with Crippen LogP contribution in [0.15, 0.2) is 48.7 Å². The molecule has 0 unspecified atom stereocenters. The highest BCUT2D eigenvalue weighted by molar-refractivity contribution is 5.97. The summed E-state index contributed by atoms with van der Waals surface area (Å²) in [4.78, 5) is 34.0. The van der Waals surface area contributed by atoms with E-state index < -0.39 is 0 Å². The number of amides is 2. The zero-order valence-electron chi connectivity index (χ0n) is 27.3. The number of nitrogens with zero attached hydrogens (tertiary/aromatic N) is 4. The highest BCUT2D eigenvalue weighted by Crippen LogP contribution is 2.35. The van der Waals surface area contributed by atoms with Gasteiger partial charge in [-0.25, -0.2) is 0 Å². The number of methoxy groups -OCH3 is 1. The predicted molar refractivity (Wildman–Crippen MR) is 171 cm³/mol. The van der Waals surface area contributed by atoms with Gasteiger partial charge in [0.2, 0.25) is 0 Å². The lowest BCUT2D eigenvalue weighted by Crippen LogP contribution is -2.51. The second-order valence-corrected chi connectivity index (χ2v) is 11.0. The molecule has 1 N–H and O–H groups in total. The molecule has 0 saturated carbocycles. The maximum absolute atomic E-state index is 13.6. The Hall–Kier alpha value is -3.52. The lowest BCUT2D eigenvalue weighted by Gasteiger charge is -2.36. The zero-order chi connectivity index (χ0) is 31.6. The van der Waals surface area contributed by atoms with E-state index in [1.807, 2.05) is 71.0 Å². The molecule has 0 bridgehead atoms. The number of hydrogen-bond donors (Lipinski definition) is 1. The van der Waals surface area contributed by atoms with Crippen LogP contribution in [-0.4, -0.2) is 89.4 Å². The van der Waals surface area contributed by atoms with Crippen molar-refractivity contribution in [1.29, 1.82) is 0 Å². The number of phenols is 1. The van der Waals surface area contributed by atoms with Crippen molar-refractivity contribution in [1.82, 2.24) is 19.6 Å². The molecule has 2 aromatic rings. The number of piperazine rings is 1. The average molecular weight is 581 g/mol. The van der Waals surface area contributed by atoms with Gasteiger partial charge in [-0.15, -0.1) is 0 Å². The maximum atomic E-state index is 13.6. The van der Waals surface area contributed by atoms with Gasteiger partial charge in [0.05, 0.1) is 12.8 Å². The molecule has 0 spiro atoms. The number of aryl methyl sites for hydroxylation is 1. The maximum Gasteiger partial charge on any atom is 0.269 e. The van der Waals surface area contributed by atoms with E-state index in [4.69, 9.17) is 4.74 Å². The van der Waals surface area contributed by atoms with Crippen molar-refractivity contribution < 1.29 is 19.4 Å². The van der Waals surface area contributed by atoms with E-state index in [-0.39, 0.29) is 23.1 Å². The van der Waals surface area contributed by atoms with Crippen LogP contribution in [0.4, 0.5) is 0 Å². The fourth-order valence-corrected chi connectivity index (χ4v) is 5.19. The van der Waals surface area contributed by atoms with Crippen LogP contribution in [0.1, 0.15) is 75.0 Å². The molecule has 2 amide bonds. The zero-order valence-corrected chi connectivity index (χ0v) is 27.3. The summed E-state index contributed by atoms with van der Waals surface area (Å²) < 4.78 is 5.26. The number of carbonyl (C=O) groups excluding carboxylic acids is 2. The van der Waals surface area contributed by atoms with Crippen LogP contribution >= 0.6 is 0 Å². The quantitative estimate of drug-likeness (QED) is 0.413. The van der Waals surface area contributed by atoms with Gasteiger partial charge in [0.25, 0.3) is 11.8 Å². The predicted octanol–water partition coefficient (Wildman–Crippen LogP) is 5.54. The Kier molecular flexibility index (Phi) is 12.9. The minimum atomic E-state index is -0.0920. The van der Waals surface area contributed by atoms with Crippen molar-refractivity contribution in [3.05, 3.63) is 70.9 Å². The monoisotopic (exact) mass is 580 g/mol. The number of carbonyl (C=O) groups is 2. The van der Waals surface area contributed by atoms with Crippen molar-refractivity contribution in [3.8, 4) is 11.5 Å². The average Bonchev–Trinajstić information content (AvgIpc) is 3.47. The molecule has 42 heavy (non-hydrogen) atoms. The minimum Gasteiger partial charge on any atom is -0.504 e. The van der Waals surface area contributed by atoms with E-state index >= 15 is 0 Å². The fraction of sp³-hybridized carbons (Fsp3) is 0.529. The minimum absolute atomic E-state index is 0.0382. The SMILES string of the molecule is C=C(C(=O)N1CCN(C(=O)c2cccc3c2CN(C(C)(C)CCc2ccc(O)c(OC)c2)C3)CC1)N(C)C.CC.CC. The van der Waals surface area contributed by atoms with Crippen LogP contribution in [0.3, 0.4) is 0 Å². The molecular weight excluding hydrogens is 528 g/mol. The second kappa shape index (κ2) is 15.6. The number of phenolic OH excluding ortho intramolecular Hbond substituents is 1. The molecule has 8 heteroatoms. The van der Waals surface area contributed by atoms with E-state index in [9.17, 15) is 14.7 Å². The van der Waals surface area contributed by atoms with Crippen LogP contribution in [-0.2, 0) is 24.3 Å². The third-order valence-corrected chi connectivity index (χ3v) is 7.98. The van der Waals surface area contributed by atoms with Crippen LogP contribution in [0.5, 0.6) is 11.5 Å². The molecule has 8 nitrogen and oxygen atoms in total. The van der Waals surface area contributed by atoms with Gasteiger partial charge in [-0.2, -0.15) is 0 Å². The Bertz CT molecular complexity index is 1220. The molecule has 0 radical (unpaired) electrons. The first-order chi connectivity index (χ1) is 20.0. The molecule has 2 aromatic carbocycles.